The van der Waals surface area contributed by atoms with Crippen molar-refractivity contribution in [2.24, 2.45) is 9.98 Å². The summed E-state index contributed by atoms with van der Waals surface area (Å²) in [7, 11) is 0. The molecule has 4 amide bonds. The standard InChI is InChI=1S/C38H44N8O16/c47-15-17-9-13-41-37(45-35(59)60,23(43-17)3-1-11-39-33(55)56)31(53)19-5-6-20(26-25(19)29(51)27-21(49)7-8-22(50)28(27)30(26)52)32(54)38(46-36(61)62)24(4-2-12-40-34(57)58)44-18(16-48)10-14-42-38/h5-8,17-18,39-42,45-48,53-54H,1-4,9-16H2,(H,55,56)(H,57,58)(H,59,60)(H,61,62)/t17?,18?,37-,38-/m0/s1. The zero-order chi connectivity index (χ0) is 45.5. The number of hydrogen-bond donors (Lipinski definition) is 14. The van der Waals surface area contributed by atoms with Gasteiger partial charge in [-0.25, -0.2) is 19.2 Å². The fraction of sp³-hybridized carbons (Fsp3) is 0.421. The maximum atomic E-state index is 14.7. The molecule has 0 aromatic heterocycles. The van der Waals surface area contributed by atoms with Crippen molar-refractivity contribution < 1.29 is 60.0 Å². The predicted octanol–water partition coefficient (Wildman–Crippen LogP) is -3.17. The van der Waals surface area contributed by atoms with E-state index in [1.54, 1.807) is 0 Å². The Labute approximate surface area is 347 Å². The number of carboxylic acid groups (broad SMARTS) is 4. The van der Waals surface area contributed by atoms with Gasteiger partial charge in [-0.1, -0.05) is 0 Å². The number of fused-ring (bicyclic) bond motifs is 1. The highest BCUT2D eigenvalue weighted by Crippen LogP contribution is 2.25. The van der Waals surface area contributed by atoms with Gasteiger partial charge < -0.3 is 51.5 Å². The molecule has 24 heteroatoms. The quantitative estimate of drug-likeness (QED) is 0.0711. The fourth-order valence-electron chi connectivity index (χ4n) is 7.74. The van der Waals surface area contributed by atoms with Crippen LogP contribution in [0.15, 0.2) is 53.4 Å². The summed E-state index contributed by atoms with van der Waals surface area (Å²) < 4.78 is 0. The lowest BCUT2D eigenvalue weighted by molar-refractivity contribution is 0.182. The minimum absolute atomic E-state index is 0.0448. The average molecular weight is 869 g/mol. The first-order valence-electron chi connectivity index (χ1n) is 19.1. The summed E-state index contributed by atoms with van der Waals surface area (Å²) in [5.41, 5.74) is -10.2. The molecule has 2 aliphatic heterocycles. The highest BCUT2D eigenvalue weighted by atomic mass is 16.4. The minimum Gasteiger partial charge on any atom is -0.507 e. The van der Waals surface area contributed by atoms with Crippen LogP contribution in [0, 0.1) is 10.4 Å². The largest absolute Gasteiger partial charge is 0.507 e. The molecule has 1 aromatic carbocycles. The second-order valence-electron chi connectivity index (χ2n) is 14.4. The molecule has 0 fully saturated rings. The van der Waals surface area contributed by atoms with E-state index in [0.717, 1.165) is 24.3 Å². The van der Waals surface area contributed by atoms with Gasteiger partial charge in [0.05, 0.1) is 47.2 Å². The lowest BCUT2D eigenvalue weighted by atomic mass is 9.90. The zero-order valence-electron chi connectivity index (χ0n) is 32.7. The molecule has 0 radical (unpaired) electrons. The molecule has 2 unspecified atom stereocenters. The van der Waals surface area contributed by atoms with E-state index in [4.69, 9.17) is 10.2 Å². The molecule has 0 saturated heterocycles. The highest BCUT2D eigenvalue weighted by molar-refractivity contribution is 6.06. The maximum Gasteiger partial charge on any atom is 0.406 e. The second kappa shape index (κ2) is 19.1. The number of amides is 4. The van der Waals surface area contributed by atoms with Gasteiger partial charge >= 0.3 is 24.4 Å². The van der Waals surface area contributed by atoms with E-state index in [9.17, 15) is 69.0 Å². The number of hydrogen-bond acceptors (Lipinski definition) is 16. The van der Waals surface area contributed by atoms with Gasteiger partial charge in [0, 0.05) is 47.4 Å². The molecule has 24 nitrogen and oxygen atoms in total. The summed E-state index contributed by atoms with van der Waals surface area (Å²) >= 11 is 0. The van der Waals surface area contributed by atoms with Gasteiger partial charge in [-0.15, -0.1) is 0 Å². The number of nitrogens with one attached hydrogen (secondary N) is 6. The van der Waals surface area contributed by atoms with Crippen LogP contribution < -0.4 is 64.1 Å². The maximum absolute atomic E-state index is 14.7. The molecule has 1 aromatic rings. The summed E-state index contributed by atoms with van der Waals surface area (Å²) in [6.45, 7) is -1.77. The van der Waals surface area contributed by atoms with Crippen molar-refractivity contribution in [1.82, 2.24) is 31.9 Å². The molecule has 2 heterocycles. The summed E-state index contributed by atoms with van der Waals surface area (Å²) in [6, 6.07) is 1.64. The molecule has 2 aliphatic carbocycles. The van der Waals surface area contributed by atoms with Crippen LogP contribution >= 0.6 is 0 Å². The molecule has 4 aliphatic rings. The van der Waals surface area contributed by atoms with Crippen molar-refractivity contribution in [1.29, 1.82) is 0 Å². The number of aliphatic hydroxyl groups is 4. The molecule has 332 valence electrons. The molecule has 14 N–H and O–H groups in total. The number of nitrogens with zero attached hydrogens (tertiary/aromatic N) is 2. The average Bonchev–Trinajstić information content (AvgIpc) is 3.51. The Morgan fingerprint density at radius 2 is 0.968 bits per heavy atom. The van der Waals surface area contributed by atoms with Crippen LogP contribution in [0.25, 0.3) is 22.3 Å². The van der Waals surface area contributed by atoms with Gasteiger partial charge in [0.15, 0.2) is 33.0 Å². The third kappa shape index (κ3) is 9.16. The van der Waals surface area contributed by atoms with Gasteiger partial charge in [0.2, 0.25) is 0 Å². The van der Waals surface area contributed by atoms with E-state index in [-0.39, 0.29) is 76.1 Å². The van der Waals surface area contributed by atoms with Crippen molar-refractivity contribution in [3.05, 3.63) is 86.0 Å². The molecule has 4 atom stereocenters. The number of aliphatic imine (C=N–C) groups is 2. The first-order chi connectivity index (χ1) is 29.4. The van der Waals surface area contributed by atoms with Crippen molar-refractivity contribution in [2.45, 2.75) is 61.9 Å². The Hall–Kier alpha value is -7.02. The number of benzene rings is 1. The number of aliphatic hydroxyl groups excluding tert-OH is 4. The van der Waals surface area contributed by atoms with Crippen LogP contribution in [-0.4, -0.2) is 139 Å². The topological polar surface area (TPSA) is 395 Å². The zero-order valence-corrected chi connectivity index (χ0v) is 32.7. The van der Waals surface area contributed by atoms with E-state index < -0.39 is 126 Å². The van der Waals surface area contributed by atoms with Crippen LogP contribution in [0.1, 0.15) is 38.5 Å². The van der Waals surface area contributed by atoms with Crippen LogP contribution in [0.2, 0.25) is 0 Å². The summed E-state index contributed by atoms with van der Waals surface area (Å²) in [4.78, 5) is 112. The van der Waals surface area contributed by atoms with E-state index in [1.807, 2.05) is 0 Å². The monoisotopic (exact) mass is 868 g/mol. The molecule has 62 heavy (non-hydrogen) atoms. The van der Waals surface area contributed by atoms with Crippen LogP contribution in [0.3, 0.4) is 0 Å². The van der Waals surface area contributed by atoms with Gasteiger partial charge in [-0.3, -0.25) is 50.4 Å². The molecule has 5 rings (SSSR count). The Morgan fingerprint density at radius 1 is 0.597 bits per heavy atom. The lowest BCUT2D eigenvalue weighted by Gasteiger charge is -2.35. The normalized spacial score (nSPS) is 22.6. The molecule has 0 spiro atoms. The number of rotatable bonds is 14. The fourth-order valence-corrected chi connectivity index (χ4v) is 7.74. The third-order valence-electron chi connectivity index (χ3n) is 10.5. The Morgan fingerprint density at radius 3 is 1.29 bits per heavy atom. The number of carbonyl (C=O) groups is 4. The van der Waals surface area contributed by atoms with Gasteiger partial charge in [-0.05, 0) is 62.8 Å². The second-order valence-corrected chi connectivity index (χ2v) is 14.4. The summed E-state index contributed by atoms with van der Waals surface area (Å²) in [5.74, 6) is -2.10. The third-order valence-corrected chi connectivity index (χ3v) is 10.5. The SMILES string of the molecule is O=C(O)NCCCC1=NC(CO)CCN[C@@]1(NC(=O)O)C(O)=c1ccc(=C(O)[C@]2(NC(=O)O)NCCC(CO)N=C2CCCNC(=O)O)c2c(=O)c3c(=O)ccc(=O)c=3c(=O)c12. The van der Waals surface area contributed by atoms with Crippen molar-refractivity contribution in [3.63, 3.8) is 0 Å². The van der Waals surface area contributed by atoms with Crippen LogP contribution in [0.4, 0.5) is 19.2 Å². The Kier molecular flexibility index (Phi) is 14.2. The summed E-state index contributed by atoms with van der Waals surface area (Å²) in [6.07, 6.45) is -6.74. The lowest BCUT2D eigenvalue weighted by Crippen LogP contribution is -2.66. The van der Waals surface area contributed by atoms with Gasteiger partial charge in [0.1, 0.15) is 11.5 Å². The van der Waals surface area contributed by atoms with Crippen molar-refractivity contribution in [3.8, 4) is 0 Å². The van der Waals surface area contributed by atoms with Crippen molar-refractivity contribution in [2.75, 3.05) is 39.4 Å². The first kappa shape index (κ1) is 46.1. The Balaban J connectivity index is 2.01. The van der Waals surface area contributed by atoms with Gasteiger partial charge in [0.25, 0.3) is 0 Å². The van der Waals surface area contributed by atoms with Gasteiger partial charge in [-0.2, -0.15) is 0 Å². The smallest absolute Gasteiger partial charge is 0.406 e. The van der Waals surface area contributed by atoms with E-state index in [0.29, 0.717) is 0 Å². The highest BCUT2D eigenvalue weighted by Gasteiger charge is 2.46. The van der Waals surface area contributed by atoms with E-state index in [1.165, 1.54) is 0 Å². The minimum atomic E-state index is -2.48. The molecular weight excluding hydrogens is 824 g/mol. The van der Waals surface area contributed by atoms with Crippen molar-refractivity contribution >= 4 is 58.1 Å². The van der Waals surface area contributed by atoms with E-state index in [2.05, 4.69) is 41.9 Å². The Bertz CT molecular complexity index is 2570. The van der Waals surface area contributed by atoms with E-state index >= 15 is 0 Å². The summed E-state index contributed by atoms with van der Waals surface area (Å²) in [5, 5.41) is 93.0. The predicted molar refractivity (Wildman–Crippen MR) is 218 cm³/mol. The van der Waals surface area contributed by atoms with Crippen LogP contribution in [0.5, 0.6) is 0 Å². The molecule has 0 bridgehead atoms. The van der Waals surface area contributed by atoms with Crippen LogP contribution in [-0.2, 0) is 0 Å². The first-order valence-corrected chi connectivity index (χ1v) is 19.1. The molecule has 0 saturated carbocycles. The molecular formula is C38H44N8O16.